The monoisotopic (exact) mass is 527 g/mol. The first kappa shape index (κ1) is 27.9. The fourth-order valence-electron chi connectivity index (χ4n) is 4.67. The number of rotatable bonds is 11. The van der Waals surface area contributed by atoms with E-state index < -0.39 is 5.60 Å². The van der Waals surface area contributed by atoms with Gasteiger partial charge >= 0.3 is 6.09 Å². The maximum atomic E-state index is 11.7. The molecule has 0 spiro atoms. The van der Waals surface area contributed by atoms with Crippen molar-refractivity contribution in [1.82, 2.24) is 20.3 Å². The predicted molar refractivity (Wildman–Crippen MR) is 146 cm³/mol. The third-order valence-corrected chi connectivity index (χ3v) is 6.41. The van der Waals surface area contributed by atoms with Crippen molar-refractivity contribution in [3.05, 3.63) is 29.8 Å². The number of fused-ring (bicyclic) bond motifs is 1. The lowest BCUT2D eigenvalue weighted by molar-refractivity contribution is -0.0366. The van der Waals surface area contributed by atoms with Crippen LogP contribution in [0.25, 0.3) is 22.0 Å². The van der Waals surface area contributed by atoms with Gasteiger partial charge < -0.3 is 29.4 Å². The molecular weight excluding hydrogens is 486 g/mol. The Morgan fingerprint density at radius 1 is 1.16 bits per heavy atom. The van der Waals surface area contributed by atoms with Gasteiger partial charge in [-0.05, 0) is 84.4 Å². The summed E-state index contributed by atoms with van der Waals surface area (Å²) >= 11 is 0. The Morgan fingerprint density at radius 2 is 2.00 bits per heavy atom. The summed E-state index contributed by atoms with van der Waals surface area (Å²) in [6.07, 6.45) is 6.34. The lowest BCUT2D eigenvalue weighted by atomic mass is 10.0. The summed E-state index contributed by atoms with van der Waals surface area (Å²) in [7, 11) is 0. The highest BCUT2D eigenvalue weighted by Gasteiger charge is 2.22. The highest BCUT2D eigenvalue weighted by molar-refractivity contribution is 5.96. The largest absolute Gasteiger partial charge is 0.444 e. The molecule has 0 aliphatic carbocycles. The average molecular weight is 528 g/mol. The van der Waals surface area contributed by atoms with E-state index in [0.29, 0.717) is 26.3 Å². The van der Waals surface area contributed by atoms with Gasteiger partial charge in [0.05, 0.1) is 24.0 Å². The van der Waals surface area contributed by atoms with Crippen LogP contribution in [0, 0.1) is 13.8 Å². The molecule has 0 saturated carbocycles. The molecule has 3 aromatic rings. The molecule has 1 atom stereocenters. The van der Waals surface area contributed by atoms with Crippen molar-refractivity contribution in [1.29, 1.82) is 0 Å². The molecule has 38 heavy (non-hydrogen) atoms. The van der Waals surface area contributed by atoms with Gasteiger partial charge in [-0.2, -0.15) is 5.10 Å². The number of nitrogens with zero attached hydrogens (tertiary/aromatic N) is 3. The van der Waals surface area contributed by atoms with Crippen molar-refractivity contribution in [2.75, 3.05) is 38.2 Å². The van der Waals surface area contributed by atoms with Crippen LogP contribution in [0.4, 0.5) is 10.5 Å². The highest BCUT2D eigenvalue weighted by atomic mass is 16.6. The van der Waals surface area contributed by atoms with E-state index in [-0.39, 0.29) is 12.3 Å². The number of ether oxygens (including phenoxy) is 3. The van der Waals surface area contributed by atoms with Crippen molar-refractivity contribution < 1.29 is 23.5 Å². The van der Waals surface area contributed by atoms with Crippen LogP contribution in [0.2, 0.25) is 0 Å². The second-order valence-corrected chi connectivity index (χ2v) is 10.7. The Hall–Kier alpha value is -3.11. The van der Waals surface area contributed by atoms with Gasteiger partial charge in [0.2, 0.25) is 0 Å². The molecule has 1 unspecified atom stereocenters. The minimum Gasteiger partial charge on any atom is -0.444 e. The fourth-order valence-corrected chi connectivity index (χ4v) is 4.67. The minimum atomic E-state index is -0.485. The van der Waals surface area contributed by atoms with E-state index in [4.69, 9.17) is 23.8 Å². The molecule has 1 aliphatic heterocycles. The van der Waals surface area contributed by atoms with Crippen LogP contribution in [0.3, 0.4) is 0 Å². The number of unbranched alkanes of at least 4 members (excludes halogenated alkanes) is 1. The molecule has 0 radical (unpaired) electrons. The van der Waals surface area contributed by atoms with Crippen LogP contribution in [-0.4, -0.2) is 59.5 Å². The number of aromatic nitrogens is 3. The molecule has 1 aliphatic rings. The highest BCUT2D eigenvalue weighted by Crippen LogP contribution is 2.36. The van der Waals surface area contributed by atoms with Crippen LogP contribution in [0.15, 0.2) is 22.9 Å². The summed E-state index contributed by atoms with van der Waals surface area (Å²) in [5, 5.41) is 16.2. The standard InChI is InChI=1S/C28H41N5O5/c1-19-26(20(2)38-32-19)21-16-23(22-18-31-33(24(22)17-21)25-10-6-8-14-36-25)29-12-15-35-13-9-7-11-30-27(34)37-28(3,4)5/h16-18,25,29H,6-15H2,1-5H3,(H,30,34). The molecule has 10 nitrogen and oxygen atoms in total. The van der Waals surface area contributed by atoms with Crippen LogP contribution < -0.4 is 10.6 Å². The van der Waals surface area contributed by atoms with Gasteiger partial charge in [0.15, 0.2) is 6.23 Å². The summed E-state index contributed by atoms with van der Waals surface area (Å²) in [6, 6.07) is 4.28. The zero-order chi connectivity index (χ0) is 27.1. The lowest BCUT2D eigenvalue weighted by Crippen LogP contribution is -2.33. The fraction of sp³-hybridized carbons (Fsp3) is 0.607. The van der Waals surface area contributed by atoms with Crippen molar-refractivity contribution in [3.63, 3.8) is 0 Å². The molecule has 2 aromatic heterocycles. The first-order chi connectivity index (χ1) is 18.2. The summed E-state index contributed by atoms with van der Waals surface area (Å²) in [4.78, 5) is 11.7. The molecule has 1 fully saturated rings. The van der Waals surface area contributed by atoms with E-state index >= 15 is 0 Å². The van der Waals surface area contributed by atoms with Crippen LogP contribution in [-0.2, 0) is 14.2 Å². The zero-order valence-electron chi connectivity index (χ0n) is 23.3. The number of aryl methyl sites for hydroxylation is 2. The topological polar surface area (TPSA) is 113 Å². The third kappa shape index (κ3) is 7.26. The van der Waals surface area contributed by atoms with Crippen molar-refractivity contribution in [2.24, 2.45) is 0 Å². The predicted octanol–water partition coefficient (Wildman–Crippen LogP) is 5.74. The Kier molecular flexibility index (Phi) is 9.27. The maximum absolute atomic E-state index is 11.7. The average Bonchev–Trinajstić information content (AvgIpc) is 3.45. The number of benzene rings is 1. The number of hydrogen-bond donors (Lipinski definition) is 2. The lowest BCUT2D eigenvalue weighted by Gasteiger charge is -2.23. The SMILES string of the molecule is Cc1noc(C)c1-c1cc(NCCOCCCCNC(=O)OC(C)(C)C)c2cnn(C3CCCCO3)c2c1. The number of alkyl carbamates (subject to hydrolysis) is 1. The van der Waals surface area contributed by atoms with Crippen LogP contribution >= 0.6 is 0 Å². The number of nitrogens with one attached hydrogen (secondary N) is 2. The molecule has 3 heterocycles. The van der Waals surface area contributed by atoms with Crippen LogP contribution in [0.1, 0.15) is 70.6 Å². The molecular formula is C28H41N5O5. The molecule has 1 saturated heterocycles. The smallest absolute Gasteiger partial charge is 0.407 e. The van der Waals surface area contributed by atoms with Crippen LogP contribution in [0.5, 0.6) is 0 Å². The molecule has 10 heteroatoms. The van der Waals surface area contributed by atoms with Gasteiger partial charge in [0.1, 0.15) is 11.4 Å². The van der Waals surface area contributed by atoms with Gasteiger partial charge in [-0.3, -0.25) is 0 Å². The summed E-state index contributed by atoms with van der Waals surface area (Å²) in [5.74, 6) is 0.789. The Bertz CT molecular complexity index is 1190. The van der Waals surface area contributed by atoms with Crippen molar-refractivity contribution in [3.8, 4) is 11.1 Å². The van der Waals surface area contributed by atoms with E-state index in [2.05, 4.69) is 27.9 Å². The number of carbonyl (C=O) groups is 1. The second kappa shape index (κ2) is 12.6. The first-order valence-electron chi connectivity index (χ1n) is 13.6. The van der Waals surface area contributed by atoms with E-state index in [1.165, 1.54) is 0 Å². The van der Waals surface area contributed by atoms with Gasteiger partial charge in [-0.25, -0.2) is 9.48 Å². The summed E-state index contributed by atoms with van der Waals surface area (Å²) in [5.41, 5.74) is 4.42. The van der Waals surface area contributed by atoms with E-state index in [9.17, 15) is 4.79 Å². The molecule has 208 valence electrons. The summed E-state index contributed by atoms with van der Waals surface area (Å²) < 4.78 is 24.6. The molecule has 0 bridgehead atoms. The van der Waals surface area contributed by atoms with Gasteiger partial charge in [0.25, 0.3) is 0 Å². The van der Waals surface area contributed by atoms with Gasteiger partial charge in [-0.1, -0.05) is 5.16 Å². The summed E-state index contributed by atoms with van der Waals surface area (Å²) in [6.45, 7) is 12.6. The Morgan fingerprint density at radius 3 is 2.71 bits per heavy atom. The zero-order valence-corrected chi connectivity index (χ0v) is 23.3. The number of carbonyl (C=O) groups excluding carboxylic acids is 1. The number of hydrogen-bond acceptors (Lipinski definition) is 8. The Balaban J connectivity index is 1.34. The van der Waals surface area contributed by atoms with Gasteiger partial charge in [-0.15, -0.1) is 0 Å². The normalized spacial score (nSPS) is 16.1. The van der Waals surface area contributed by atoms with Crippen molar-refractivity contribution >= 4 is 22.7 Å². The van der Waals surface area contributed by atoms with E-state index in [0.717, 1.165) is 77.9 Å². The molecule has 4 rings (SSSR count). The minimum absolute atomic E-state index is 0.0536. The number of amides is 1. The number of anilines is 1. The molecule has 1 amide bonds. The second-order valence-electron chi connectivity index (χ2n) is 10.7. The quantitative estimate of drug-likeness (QED) is 0.304. The Labute approximate surface area is 224 Å². The van der Waals surface area contributed by atoms with E-state index in [1.54, 1.807) is 0 Å². The maximum Gasteiger partial charge on any atom is 0.407 e. The molecule has 1 aromatic carbocycles. The third-order valence-electron chi connectivity index (χ3n) is 6.41. The molecule has 2 N–H and O–H groups in total. The van der Waals surface area contributed by atoms with Gasteiger partial charge in [0, 0.05) is 42.9 Å². The first-order valence-corrected chi connectivity index (χ1v) is 13.6. The van der Waals surface area contributed by atoms with E-state index in [1.807, 2.05) is 45.5 Å². The van der Waals surface area contributed by atoms with Crippen molar-refractivity contribution in [2.45, 2.75) is 78.6 Å².